The summed E-state index contributed by atoms with van der Waals surface area (Å²) in [4.78, 5) is 12.3. The van der Waals surface area contributed by atoms with E-state index in [9.17, 15) is 4.79 Å². The summed E-state index contributed by atoms with van der Waals surface area (Å²) in [6.45, 7) is 0.299. The van der Waals surface area contributed by atoms with Gasteiger partial charge in [-0.1, -0.05) is 30.3 Å². The standard InChI is InChI=1S/C18H17N2O2.BrH/c1-22-17-9-5-6-15(12-17)18(21)13-19-10-11-20(14-19)16-7-3-2-4-8-16;/h2-12,14H,13H2,1H3;1H/q+1;/p-1. The maximum absolute atomic E-state index is 12.3. The third-order valence-corrected chi connectivity index (χ3v) is 3.46. The molecule has 5 heteroatoms. The predicted octanol–water partition coefficient (Wildman–Crippen LogP) is -0.340. The fraction of sp³-hybridized carbons (Fsp3) is 0.111. The Morgan fingerprint density at radius 2 is 1.91 bits per heavy atom. The van der Waals surface area contributed by atoms with Gasteiger partial charge in [0, 0.05) is 5.56 Å². The highest BCUT2D eigenvalue weighted by Crippen LogP contribution is 2.13. The third-order valence-electron chi connectivity index (χ3n) is 3.46. The number of rotatable bonds is 5. The van der Waals surface area contributed by atoms with Gasteiger partial charge in [-0.25, -0.2) is 9.13 Å². The van der Waals surface area contributed by atoms with Crippen LogP contribution in [-0.4, -0.2) is 17.5 Å². The van der Waals surface area contributed by atoms with Gasteiger partial charge in [0.25, 0.3) is 0 Å². The SMILES string of the molecule is COc1cccc(C(=O)C[n+]2ccn(-c3ccccc3)c2)c1.[Br-]. The molecule has 4 nitrogen and oxygen atoms in total. The molecule has 23 heavy (non-hydrogen) atoms. The highest BCUT2D eigenvalue weighted by Gasteiger charge is 2.13. The summed E-state index contributed by atoms with van der Waals surface area (Å²) in [6, 6.07) is 17.2. The Labute approximate surface area is 145 Å². The molecule has 0 bridgehead atoms. The van der Waals surface area contributed by atoms with Crippen molar-refractivity contribution in [3.05, 3.63) is 78.9 Å². The van der Waals surface area contributed by atoms with Gasteiger partial charge >= 0.3 is 0 Å². The van der Waals surface area contributed by atoms with Gasteiger partial charge in [-0.2, -0.15) is 0 Å². The van der Waals surface area contributed by atoms with Crippen LogP contribution < -0.4 is 26.3 Å². The predicted molar refractivity (Wildman–Crippen MR) is 83.3 cm³/mol. The zero-order chi connectivity index (χ0) is 15.4. The van der Waals surface area contributed by atoms with Crippen molar-refractivity contribution in [1.82, 2.24) is 4.57 Å². The summed E-state index contributed by atoms with van der Waals surface area (Å²) >= 11 is 0. The first-order valence-electron chi connectivity index (χ1n) is 7.06. The van der Waals surface area contributed by atoms with Gasteiger partial charge < -0.3 is 21.7 Å². The van der Waals surface area contributed by atoms with Crippen LogP contribution in [0.5, 0.6) is 5.75 Å². The molecule has 0 fully saturated rings. The van der Waals surface area contributed by atoms with Crippen molar-refractivity contribution in [3.63, 3.8) is 0 Å². The quantitative estimate of drug-likeness (QED) is 0.453. The molecule has 118 valence electrons. The van der Waals surface area contributed by atoms with Crippen LogP contribution >= 0.6 is 0 Å². The van der Waals surface area contributed by atoms with Gasteiger partial charge in [-0.15, -0.1) is 0 Å². The first kappa shape index (κ1) is 17.0. The molecule has 0 atom stereocenters. The lowest BCUT2D eigenvalue weighted by atomic mass is 10.1. The summed E-state index contributed by atoms with van der Waals surface area (Å²) in [5.41, 5.74) is 1.72. The van der Waals surface area contributed by atoms with Crippen molar-refractivity contribution in [2.45, 2.75) is 6.54 Å². The van der Waals surface area contributed by atoms with Crippen molar-refractivity contribution in [1.29, 1.82) is 0 Å². The van der Waals surface area contributed by atoms with E-state index in [0.717, 1.165) is 5.69 Å². The lowest BCUT2D eigenvalue weighted by molar-refractivity contribution is -0.682. The van der Waals surface area contributed by atoms with E-state index in [0.29, 0.717) is 17.9 Å². The maximum Gasteiger partial charge on any atom is 0.249 e. The second-order valence-electron chi connectivity index (χ2n) is 4.98. The van der Waals surface area contributed by atoms with Crippen molar-refractivity contribution < 1.29 is 31.1 Å². The van der Waals surface area contributed by atoms with Crippen molar-refractivity contribution in [3.8, 4) is 11.4 Å². The summed E-state index contributed by atoms with van der Waals surface area (Å²) in [5, 5.41) is 0. The van der Waals surface area contributed by atoms with Gasteiger partial charge in [0.2, 0.25) is 12.1 Å². The van der Waals surface area contributed by atoms with Crippen LogP contribution in [0.3, 0.4) is 0 Å². The largest absolute Gasteiger partial charge is 1.00 e. The van der Waals surface area contributed by atoms with E-state index < -0.39 is 0 Å². The number of nitrogens with zero attached hydrogens (tertiary/aromatic N) is 2. The molecule has 0 aliphatic rings. The molecule has 3 rings (SSSR count). The number of imidazole rings is 1. The van der Waals surface area contributed by atoms with Crippen LogP contribution in [0.25, 0.3) is 5.69 Å². The number of hydrogen-bond acceptors (Lipinski definition) is 2. The molecule has 0 aliphatic heterocycles. The Bertz CT molecular complexity index is 784. The van der Waals surface area contributed by atoms with Crippen LogP contribution in [0.1, 0.15) is 10.4 Å². The first-order valence-corrected chi connectivity index (χ1v) is 7.06. The molecular formula is C18H17BrN2O2. The summed E-state index contributed by atoms with van der Waals surface area (Å²) in [6.07, 6.45) is 5.74. The summed E-state index contributed by atoms with van der Waals surface area (Å²) in [7, 11) is 1.60. The van der Waals surface area contributed by atoms with Gasteiger partial charge in [0.05, 0.1) is 7.11 Å². The smallest absolute Gasteiger partial charge is 0.249 e. The Morgan fingerprint density at radius 1 is 1.13 bits per heavy atom. The number of halogens is 1. The van der Waals surface area contributed by atoms with E-state index in [1.54, 1.807) is 19.2 Å². The molecule has 0 N–H and O–H groups in total. The number of carbonyl (C=O) groups is 1. The van der Waals surface area contributed by atoms with E-state index in [2.05, 4.69) is 0 Å². The summed E-state index contributed by atoms with van der Waals surface area (Å²) in [5.74, 6) is 0.743. The Kier molecular flexibility index (Phi) is 5.71. The van der Waals surface area contributed by atoms with Crippen LogP contribution in [0.4, 0.5) is 0 Å². The molecular weight excluding hydrogens is 356 g/mol. The number of methoxy groups -OCH3 is 1. The van der Waals surface area contributed by atoms with E-state index in [1.165, 1.54) is 0 Å². The van der Waals surface area contributed by atoms with Gasteiger partial charge in [0.15, 0.2) is 6.54 Å². The number of para-hydroxylation sites is 1. The number of hydrogen-bond donors (Lipinski definition) is 0. The molecule has 1 heterocycles. The normalized spacial score (nSPS) is 9.96. The fourth-order valence-electron chi connectivity index (χ4n) is 2.29. The molecule has 0 amide bonds. The molecule has 0 saturated carbocycles. The van der Waals surface area contributed by atoms with Crippen LogP contribution in [-0.2, 0) is 6.54 Å². The second kappa shape index (κ2) is 7.74. The number of Topliss-reactive ketones (excluding diaryl/α,β-unsaturated/α-hetero) is 1. The second-order valence-corrected chi connectivity index (χ2v) is 4.98. The van der Waals surface area contributed by atoms with Gasteiger partial charge in [-0.3, -0.25) is 4.79 Å². The average molecular weight is 373 g/mol. The van der Waals surface area contributed by atoms with E-state index in [-0.39, 0.29) is 22.8 Å². The number of ether oxygens (including phenoxy) is 1. The van der Waals surface area contributed by atoms with Crippen LogP contribution in [0.2, 0.25) is 0 Å². The summed E-state index contributed by atoms with van der Waals surface area (Å²) < 4.78 is 9.01. The third kappa shape index (κ3) is 4.07. The van der Waals surface area contributed by atoms with Crippen molar-refractivity contribution in [2.24, 2.45) is 0 Å². The van der Waals surface area contributed by atoms with E-state index >= 15 is 0 Å². The minimum Gasteiger partial charge on any atom is -1.00 e. The topological polar surface area (TPSA) is 35.1 Å². The van der Waals surface area contributed by atoms with Crippen molar-refractivity contribution >= 4 is 5.78 Å². The minimum absolute atomic E-state index is 0. The minimum atomic E-state index is 0. The number of aromatic nitrogens is 2. The fourth-order valence-corrected chi connectivity index (χ4v) is 2.29. The lowest BCUT2D eigenvalue weighted by Gasteiger charge is -2.02. The molecule has 0 unspecified atom stereocenters. The Hall–Kier alpha value is -2.40. The zero-order valence-corrected chi connectivity index (χ0v) is 14.3. The zero-order valence-electron chi connectivity index (χ0n) is 12.7. The molecule has 3 aromatic rings. The van der Waals surface area contributed by atoms with Crippen molar-refractivity contribution in [2.75, 3.05) is 7.11 Å². The molecule has 0 aliphatic carbocycles. The lowest BCUT2D eigenvalue weighted by Crippen LogP contribution is -3.00. The number of carbonyl (C=O) groups excluding carboxylic acids is 1. The monoisotopic (exact) mass is 372 g/mol. The molecule has 0 radical (unpaired) electrons. The van der Waals surface area contributed by atoms with Gasteiger partial charge in [0.1, 0.15) is 23.8 Å². The maximum atomic E-state index is 12.3. The highest BCUT2D eigenvalue weighted by atomic mass is 79.9. The average Bonchev–Trinajstić information content (AvgIpc) is 3.04. The van der Waals surface area contributed by atoms with E-state index in [4.69, 9.17) is 4.74 Å². The van der Waals surface area contributed by atoms with Gasteiger partial charge in [-0.05, 0) is 24.3 Å². The molecule has 2 aromatic carbocycles. The van der Waals surface area contributed by atoms with Crippen LogP contribution in [0, 0.1) is 0 Å². The van der Waals surface area contributed by atoms with E-state index in [1.807, 2.05) is 70.3 Å². The Balaban J connectivity index is 0.00000192. The number of ketones is 1. The number of benzene rings is 2. The van der Waals surface area contributed by atoms with Crippen LogP contribution in [0.15, 0.2) is 73.3 Å². The Morgan fingerprint density at radius 3 is 2.65 bits per heavy atom. The molecule has 0 saturated heterocycles. The molecule has 1 aromatic heterocycles. The highest BCUT2D eigenvalue weighted by molar-refractivity contribution is 5.95. The first-order chi connectivity index (χ1) is 10.8. The molecule has 0 spiro atoms.